The number of fused-ring (bicyclic) bond motifs is 6. The molecule has 0 amide bonds. The van der Waals surface area contributed by atoms with Gasteiger partial charge in [0.25, 0.3) is 0 Å². The van der Waals surface area contributed by atoms with Crippen LogP contribution in [0.2, 0.25) is 13.1 Å². The molecule has 0 saturated carbocycles. The maximum Gasteiger partial charge on any atom is 2.00 e. The summed E-state index contributed by atoms with van der Waals surface area (Å²) in [5.41, 5.74) is 13.4. The minimum absolute atomic E-state index is 0. The Bertz CT molecular complexity index is 3300. The van der Waals surface area contributed by atoms with Gasteiger partial charge in [0.15, 0.2) is 0 Å². The summed E-state index contributed by atoms with van der Waals surface area (Å²) in [5.74, 6) is 0. The minimum Gasteiger partial charge on any atom is -0.164 e. The van der Waals surface area contributed by atoms with E-state index in [2.05, 4.69) is 273 Å². The maximum absolute atomic E-state index is 2.42. The van der Waals surface area contributed by atoms with Crippen LogP contribution in [-0.2, 0) is 37.0 Å². The van der Waals surface area contributed by atoms with Crippen LogP contribution in [0.1, 0.15) is 52.7 Å². The normalized spacial score (nSPS) is 11.7. The molecule has 0 aliphatic carbocycles. The second kappa shape index (κ2) is 20.1. The Labute approximate surface area is 436 Å². The van der Waals surface area contributed by atoms with E-state index in [1.165, 1.54) is 120 Å². The Morgan fingerprint density at radius 2 is 0.514 bits per heavy atom. The third-order valence-electron chi connectivity index (χ3n) is 13.8. The van der Waals surface area contributed by atoms with Gasteiger partial charge in [-0.1, -0.05) is 282 Å². The van der Waals surface area contributed by atoms with Crippen LogP contribution in [0.4, 0.5) is 0 Å². The summed E-state index contributed by atoms with van der Waals surface area (Å²) in [6.07, 6.45) is 0. The van der Waals surface area contributed by atoms with Crippen molar-refractivity contribution in [2.45, 2.75) is 65.5 Å². The molecule has 340 valence electrons. The molecule has 0 unspecified atom stereocenters. The molecular formula is C68H60SiZr. The van der Waals surface area contributed by atoms with Crippen LogP contribution in [0, 0.1) is 0 Å². The summed E-state index contributed by atoms with van der Waals surface area (Å²) in [4.78, 5) is 0. The van der Waals surface area contributed by atoms with Crippen LogP contribution in [-0.4, -0.2) is 9.52 Å². The van der Waals surface area contributed by atoms with E-state index in [4.69, 9.17) is 0 Å². The molecule has 0 aliphatic rings. The first-order valence-electron chi connectivity index (χ1n) is 24.4. The molecule has 2 radical (unpaired) electrons. The van der Waals surface area contributed by atoms with Gasteiger partial charge in [-0.05, 0) is 65.0 Å². The van der Waals surface area contributed by atoms with Crippen molar-refractivity contribution in [1.82, 2.24) is 0 Å². The second-order valence-corrected chi connectivity index (χ2v) is 21.6. The van der Waals surface area contributed by atoms with Gasteiger partial charge in [-0.15, -0.1) is 44.8 Å². The summed E-state index contributed by atoms with van der Waals surface area (Å²) in [5, 5.41) is 15.7. The van der Waals surface area contributed by atoms with E-state index >= 15 is 0 Å². The van der Waals surface area contributed by atoms with Gasteiger partial charge in [0.2, 0.25) is 0 Å². The Hall–Kier alpha value is -6.44. The summed E-state index contributed by atoms with van der Waals surface area (Å²) < 4.78 is 0. The standard InChI is InChI=1S/2C33H27.C2H6Si.Zr/c2*1-33(2,3)24-20-31-29(27-16-8-12-22-10-4-6-14-25(22)27)18-19-30(32(31)21-24)28-17-9-13-23-11-5-7-15-26(23)28;1-3-2;/h2*4-21H,1-3H3;1-2H3;/q2*-1;;+2. The molecule has 12 rings (SSSR count). The molecule has 12 aromatic rings. The van der Waals surface area contributed by atoms with Crippen LogP contribution in [0.15, 0.2) is 218 Å². The van der Waals surface area contributed by atoms with Crippen molar-refractivity contribution in [1.29, 1.82) is 0 Å². The topological polar surface area (TPSA) is 0 Å². The zero-order valence-corrected chi connectivity index (χ0v) is 45.2. The summed E-state index contributed by atoms with van der Waals surface area (Å²) >= 11 is 0. The summed E-state index contributed by atoms with van der Waals surface area (Å²) in [6.45, 7) is 18.1. The number of hydrogen-bond donors (Lipinski definition) is 0. The fraction of sp³-hybridized carbons (Fsp3) is 0.147. The van der Waals surface area contributed by atoms with E-state index in [0.29, 0.717) is 0 Å². The van der Waals surface area contributed by atoms with Crippen LogP contribution < -0.4 is 0 Å². The minimum atomic E-state index is 0. The molecule has 0 aromatic heterocycles. The molecule has 0 bridgehead atoms. The van der Waals surface area contributed by atoms with Gasteiger partial charge in [-0.2, -0.15) is 12.1 Å². The largest absolute Gasteiger partial charge is 2.00 e. The van der Waals surface area contributed by atoms with E-state index in [-0.39, 0.29) is 37.0 Å². The van der Waals surface area contributed by atoms with E-state index in [0.717, 1.165) is 9.52 Å². The number of rotatable bonds is 4. The van der Waals surface area contributed by atoms with Crippen molar-refractivity contribution in [3.8, 4) is 44.5 Å². The molecule has 0 N–H and O–H groups in total. The zero-order valence-electron chi connectivity index (χ0n) is 41.8. The monoisotopic (exact) mass is 994 g/mol. The predicted octanol–water partition coefficient (Wildman–Crippen LogP) is 19.8. The average Bonchev–Trinajstić information content (AvgIpc) is 4.04. The van der Waals surface area contributed by atoms with Gasteiger partial charge in [-0.3, -0.25) is 0 Å². The van der Waals surface area contributed by atoms with Gasteiger partial charge in [0, 0.05) is 9.52 Å². The third kappa shape index (κ3) is 9.33. The smallest absolute Gasteiger partial charge is 0.164 e. The van der Waals surface area contributed by atoms with Gasteiger partial charge < -0.3 is 0 Å². The molecule has 0 fully saturated rings. The average molecular weight is 997 g/mol. The van der Waals surface area contributed by atoms with Crippen molar-refractivity contribution in [3.63, 3.8) is 0 Å². The van der Waals surface area contributed by atoms with E-state index in [9.17, 15) is 0 Å². The van der Waals surface area contributed by atoms with Gasteiger partial charge >= 0.3 is 26.2 Å². The first-order chi connectivity index (χ1) is 33.4. The van der Waals surface area contributed by atoms with Gasteiger partial charge in [0.05, 0.1) is 0 Å². The zero-order chi connectivity index (χ0) is 47.9. The Balaban J connectivity index is 0.000000163. The first kappa shape index (κ1) is 48.6. The fourth-order valence-electron chi connectivity index (χ4n) is 10.2. The molecule has 0 saturated heterocycles. The van der Waals surface area contributed by atoms with Crippen molar-refractivity contribution >= 4 is 74.2 Å². The molecule has 0 atom stereocenters. The molecule has 70 heavy (non-hydrogen) atoms. The van der Waals surface area contributed by atoms with Crippen molar-refractivity contribution in [2.24, 2.45) is 0 Å². The first-order valence-corrected chi connectivity index (χ1v) is 26.4. The Kier molecular flexibility index (Phi) is 14.0. The molecule has 0 aliphatic heterocycles. The maximum atomic E-state index is 2.42. The van der Waals surface area contributed by atoms with Crippen molar-refractivity contribution in [2.75, 3.05) is 0 Å². The van der Waals surface area contributed by atoms with Crippen LogP contribution >= 0.6 is 0 Å². The molecule has 12 aromatic carbocycles. The Morgan fingerprint density at radius 1 is 0.286 bits per heavy atom. The third-order valence-corrected chi connectivity index (χ3v) is 13.8. The van der Waals surface area contributed by atoms with Crippen molar-refractivity contribution in [3.05, 3.63) is 230 Å². The molecule has 2 heteroatoms. The van der Waals surface area contributed by atoms with Gasteiger partial charge in [0.1, 0.15) is 0 Å². The fourth-order valence-corrected chi connectivity index (χ4v) is 10.2. The van der Waals surface area contributed by atoms with E-state index < -0.39 is 0 Å². The summed E-state index contributed by atoms with van der Waals surface area (Å²) in [7, 11) is 1.08. The molecule has 0 heterocycles. The second-order valence-electron chi connectivity index (χ2n) is 20.6. The molecule has 0 spiro atoms. The Morgan fingerprint density at radius 3 is 0.800 bits per heavy atom. The van der Waals surface area contributed by atoms with Crippen LogP contribution in [0.3, 0.4) is 0 Å². The number of benzene rings is 10. The molecule has 0 nitrogen and oxygen atoms in total. The van der Waals surface area contributed by atoms with E-state index in [1.54, 1.807) is 0 Å². The van der Waals surface area contributed by atoms with Crippen molar-refractivity contribution < 1.29 is 26.2 Å². The predicted molar refractivity (Wildman–Crippen MR) is 306 cm³/mol. The number of hydrogen-bond acceptors (Lipinski definition) is 0. The van der Waals surface area contributed by atoms with E-state index in [1.807, 2.05) is 0 Å². The van der Waals surface area contributed by atoms with Crippen LogP contribution in [0.25, 0.3) is 109 Å². The quantitative estimate of drug-likeness (QED) is 0.122. The summed E-state index contributed by atoms with van der Waals surface area (Å²) in [6, 6.07) is 80.3. The molecular weight excluding hydrogens is 936 g/mol. The van der Waals surface area contributed by atoms with Crippen LogP contribution in [0.5, 0.6) is 0 Å². The van der Waals surface area contributed by atoms with Gasteiger partial charge in [-0.25, -0.2) is 0 Å². The SMILES string of the molecule is CC(C)(C)c1cc2c(-c3cccc4ccccc34)ccc(-c3cccc4ccccc34)c2[cH-]1.CC(C)(C)c1cc2c(-c3cccc4ccccc34)ccc(-c3cccc4ccccc34)c2[cH-]1.C[Si]C.[Zr+2].